The Labute approximate surface area is 85.5 Å². The fourth-order valence-electron chi connectivity index (χ4n) is 1.76. The van der Waals surface area contributed by atoms with Gasteiger partial charge in [0.2, 0.25) is 0 Å². The lowest BCUT2D eigenvalue weighted by Gasteiger charge is -2.25. The summed E-state index contributed by atoms with van der Waals surface area (Å²) >= 11 is 0. The summed E-state index contributed by atoms with van der Waals surface area (Å²) < 4.78 is 37.2. The summed E-state index contributed by atoms with van der Waals surface area (Å²) in [5.74, 6) is 5.56. The zero-order valence-electron chi connectivity index (χ0n) is 8.01. The molecule has 0 unspecified atom stereocenters. The Balaban J connectivity index is 2.37. The van der Waals surface area contributed by atoms with Crippen molar-refractivity contribution >= 4 is 0 Å². The van der Waals surface area contributed by atoms with Crippen LogP contribution < -0.4 is 5.84 Å². The molecule has 0 aliphatic carbocycles. The van der Waals surface area contributed by atoms with Crippen molar-refractivity contribution in [1.29, 1.82) is 0 Å². The normalized spacial score (nSPS) is 17.6. The highest BCUT2D eigenvalue weighted by molar-refractivity contribution is 5.34. The number of fused-ring (bicyclic) bond motifs is 1. The van der Waals surface area contributed by atoms with Crippen LogP contribution in [0, 0.1) is 0 Å². The molecule has 2 N–H and O–H groups in total. The van der Waals surface area contributed by atoms with Gasteiger partial charge >= 0.3 is 6.18 Å². The third kappa shape index (κ3) is 2.13. The van der Waals surface area contributed by atoms with Gasteiger partial charge in [-0.05, 0) is 29.7 Å². The second kappa shape index (κ2) is 3.50. The van der Waals surface area contributed by atoms with E-state index >= 15 is 0 Å². The van der Waals surface area contributed by atoms with Gasteiger partial charge in [-0.1, -0.05) is 6.07 Å². The van der Waals surface area contributed by atoms with Crippen molar-refractivity contribution in [3.8, 4) is 0 Å². The van der Waals surface area contributed by atoms with Gasteiger partial charge in [-0.2, -0.15) is 13.2 Å². The molecule has 1 heterocycles. The minimum atomic E-state index is -4.27. The molecule has 82 valence electrons. The lowest BCUT2D eigenvalue weighted by Crippen LogP contribution is -2.36. The standard InChI is InChI=1S/C10H11F3N2/c11-10(12,13)9-2-1-7-3-4-15(14)6-8(7)5-9/h1-2,5H,3-4,6,14H2. The monoisotopic (exact) mass is 216 g/mol. The van der Waals surface area contributed by atoms with Crippen LogP contribution in [-0.2, 0) is 19.1 Å². The molecule has 15 heavy (non-hydrogen) atoms. The highest BCUT2D eigenvalue weighted by Crippen LogP contribution is 2.31. The van der Waals surface area contributed by atoms with Crippen LogP contribution in [-0.4, -0.2) is 11.6 Å². The molecule has 2 rings (SSSR count). The van der Waals surface area contributed by atoms with Crippen molar-refractivity contribution in [2.45, 2.75) is 19.1 Å². The minimum Gasteiger partial charge on any atom is -0.268 e. The van der Waals surface area contributed by atoms with Crippen molar-refractivity contribution in [3.05, 3.63) is 34.9 Å². The summed E-state index contributed by atoms with van der Waals surface area (Å²) in [6.45, 7) is 1.08. The maximum Gasteiger partial charge on any atom is 0.416 e. The fourth-order valence-corrected chi connectivity index (χ4v) is 1.76. The van der Waals surface area contributed by atoms with Crippen molar-refractivity contribution < 1.29 is 13.2 Å². The highest BCUT2D eigenvalue weighted by Gasteiger charge is 2.31. The number of halogens is 3. The van der Waals surface area contributed by atoms with Gasteiger partial charge in [0.25, 0.3) is 0 Å². The fraction of sp³-hybridized carbons (Fsp3) is 0.400. The average molecular weight is 216 g/mol. The lowest BCUT2D eigenvalue weighted by molar-refractivity contribution is -0.137. The maximum absolute atomic E-state index is 12.4. The van der Waals surface area contributed by atoms with Gasteiger partial charge in [0, 0.05) is 13.1 Å². The number of benzene rings is 1. The predicted molar refractivity (Wildman–Crippen MR) is 49.7 cm³/mol. The number of alkyl halides is 3. The molecule has 1 aromatic rings. The molecule has 2 nitrogen and oxygen atoms in total. The van der Waals surface area contributed by atoms with E-state index in [0.29, 0.717) is 25.1 Å². The van der Waals surface area contributed by atoms with E-state index in [-0.39, 0.29) is 0 Å². The van der Waals surface area contributed by atoms with E-state index in [2.05, 4.69) is 0 Å². The Hall–Kier alpha value is -1.07. The van der Waals surface area contributed by atoms with Crippen molar-refractivity contribution in [1.82, 2.24) is 5.01 Å². The highest BCUT2D eigenvalue weighted by atomic mass is 19.4. The smallest absolute Gasteiger partial charge is 0.268 e. The maximum atomic E-state index is 12.4. The van der Waals surface area contributed by atoms with Gasteiger partial charge in [0.1, 0.15) is 0 Å². The van der Waals surface area contributed by atoms with Crippen LogP contribution in [0.1, 0.15) is 16.7 Å². The van der Waals surface area contributed by atoms with Crippen molar-refractivity contribution in [3.63, 3.8) is 0 Å². The first-order valence-electron chi connectivity index (χ1n) is 4.65. The molecule has 1 aliphatic rings. The first-order chi connectivity index (χ1) is 6.97. The van der Waals surface area contributed by atoms with Crippen LogP contribution in [0.4, 0.5) is 13.2 Å². The van der Waals surface area contributed by atoms with E-state index in [9.17, 15) is 13.2 Å². The second-order valence-corrected chi connectivity index (χ2v) is 3.70. The zero-order valence-corrected chi connectivity index (χ0v) is 8.01. The van der Waals surface area contributed by atoms with Crippen molar-refractivity contribution in [2.24, 2.45) is 5.84 Å². The Bertz CT molecular complexity index is 373. The molecule has 5 heteroatoms. The molecule has 0 saturated carbocycles. The van der Waals surface area contributed by atoms with Crippen LogP contribution in [0.3, 0.4) is 0 Å². The van der Waals surface area contributed by atoms with E-state index in [4.69, 9.17) is 5.84 Å². The average Bonchev–Trinajstić information content (AvgIpc) is 2.15. The van der Waals surface area contributed by atoms with E-state index in [1.165, 1.54) is 11.1 Å². The molecule has 0 amide bonds. The Morgan fingerprint density at radius 2 is 1.93 bits per heavy atom. The summed E-state index contributed by atoms with van der Waals surface area (Å²) in [6.07, 6.45) is -3.56. The number of hydrogen-bond acceptors (Lipinski definition) is 2. The van der Waals surface area contributed by atoms with Gasteiger partial charge in [-0.3, -0.25) is 5.84 Å². The molecule has 0 spiro atoms. The Kier molecular flexibility index (Phi) is 2.44. The van der Waals surface area contributed by atoms with Crippen LogP contribution in [0.2, 0.25) is 0 Å². The third-order valence-corrected chi connectivity index (χ3v) is 2.58. The number of nitrogens with zero attached hydrogens (tertiary/aromatic N) is 1. The summed E-state index contributed by atoms with van der Waals surface area (Å²) in [4.78, 5) is 0. The Morgan fingerprint density at radius 1 is 1.20 bits per heavy atom. The number of nitrogens with two attached hydrogens (primary N) is 1. The first kappa shape index (κ1) is 10.4. The van der Waals surface area contributed by atoms with Crippen LogP contribution >= 0.6 is 0 Å². The van der Waals surface area contributed by atoms with E-state index in [1.807, 2.05) is 0 Å². The van der Waals surface area contributed by atoms with Gasteiger partial charge in [-0.15, -0.1) is 0 Å². The van der Waals surface area contributed by atoms with Crippen LogP contribution in [0.15, 0.2) is 18.2 Å². The van der Waals surface area contributed by atoms with E-state index in [0.717, 1.165) is 11.6 Å². The molecular formula is C10H11F3N2. The third-order valence-electron chi connectivity index (χ3n) is 2.58. The topological polar surface area (TPSA) is 29.3 Å². The SMILES string of the molecule is NN1CCc2ccc(C(F)(F)F)cc2C1. The minimum absolute atomic E-state index is 0.388. The quantitative estimate of drug-likeness (QED) is 0.671. The molecule has 0 saturated heterocycles. The summed E-state index contributed by atoms with van der Waals surface area (Å²) in [5, 5.41) is 1.53. The summed E-state index contributed by atoms with van der Waals surface area (Å²) in [6, 6.07) is 3.87. The van der Waals surface area contributed by atoms with Gasteiger partial charge < -0.3 is 0 Å². The molecule has 0 fully saturated rings. The number of hydrazine groups is 1. The molecular weight excluding hydrogens is 205 g/mol. The molecule has 0 atom stereocenters. The largest absolute Gasteiger partial charge is 0.416 e. The van der Waals surface area contributed by atoms with Gasteiger partial charge in [-0.25, -0.2) is 5.01 Å². The van der Waals surface area contributed by atoms with E-state index in [1.54, 1.807) is 6.07 Å². The Morgan fingerprint density at radius 3 is 2.60 bits per heavy atom. The zero-order chi connectivity index (χ0) is 11.1. The molecule has 1 aromatic carbocycles. The van der Waals surface area contributed by atoms with Crippen molar-refractivity contribution in [2.75, 3.05) is 6.54 Å². The predicted octanol–water partition coefficient (Wildman–Crippen LogP) is 1.94. The molecule has 0 bridgehead atoms. The first-order valence-corrected chi connectivity index (χ1v) is 4.65. The second-order valence-electron chi connectivity index (χ2n) is 3.70. The number of rotatable bonds is 0. The molecule has 0 aromatic heterocycles. The van der Waals surface area contributed by atoms with Gasteiger partial charge in [0.15, 0.2) is 0 Å². The van der Waals surface area contributed by atoms with Crippen LogP contribution in [0.5, 0.6) is 0 Å². The molecule has 1 aliphatic heterocycles. The number of hydrogen-bond donors (Lipinski definition) is 1. The lowest BCUT2D eigenvalue weighted by atomic mass is 9.98. The van der Waals surface area contributed by atoms with Gasteiger partial charge in [0.05, 0.1) is 5.56 Å². The summed E-state index contributed by atoms with van der Waals surface area (Å²) in [5.41, 5.74) is 1.04. The summed E-state index contributed by atoms with van der Waals surface area (Å²) in [7, 11) is 0. The molecule has 0 radical (unpaired) electrons. The van der Waals surface area contributed by atoms with E-state index < -0.39 is 11.7 Å². The van der Waals surface area contributed by atoms with Crippen LogP contribution in [0.25, 0.3) is 0 Å².